The third-order valence-electron chi connectivity index (χ3n) is 2.12. The fourth-order valence-corrected chi connectivity index (χ4v) is 1.82. The Morgan fingerprint density at radius 3 is 2.75 bits per heavy atom. The molecule has 2 aromatic rings. The van der Waals surface area contributed by atoms with Crippen LogP contribution in [0.1, 0.15) is 17.4 Å². The van der Waals surface area contributed by atoms with E-state index in [0.717, 1.165) is 10.0 Å². The van der Waals surface area contributed by atoms with Crippen molar-refractivity contribution in [1.29, 1.82) is 0 Å². The monoisotopic (exact) mass is 298 g/mol. The second-order valence-electron chi connectivity index (χ2n) is 3.21. The molecule has 1 unspecified atom stereocenters. The molecule has 1 heterocycles. The van der Waals surface area contributed by atoms with E-state index >= 15 is 0 Å². The van der Waals surface area contributed by atoms with Gasteiger partial charge in [0.1, 0.15) is 6.10 Å². The number of benzene rings is 1. The van der Waals surface area contributed by atoms with Crippen molar-refractivity contribution in [3.63, 3.8) is 0 Å². The summed E-state index contributed by atoms with van der Waals surface area (Å²) < 4.78 is 0.745. The lowest BCUT2D eigenvalue weighted by molar-refractivity contribution is 0.215. The van der Waals surface area contributed by atoms with Gasteiger partial charge >= 0.3 is 0 Å². The molecule has 0 aliphatic rings. The van der Waals surface area contributed by atoms with Crippen LogP contribution in [0.4, 0.5) is 0 Å². The highest BCUT2D eigenvalue weighted by atomic mass is 79.9. The molecule has 0 bridgehead atoms. The minimum absolute atomic E-state index is 0.511. The van der Waals surface area contributed by atoms with E-state index in [2.05, 4.69) is 25.9 Å². The van der Waals surface area contributed by atoms with E-state index in [0.29, 0.717) is 10.7 Å². The van der Waals surface area contributed by atoms with Gasteiger partial charge in [-0.05, 0) is 33.6 Å². The lowest BCUT2D eigenvalue weighted by Gasteiger charge is -2.10. The molecule has 0 aliphatic heterocycles. The molecule has 0 spiro atoms. The maximum Gasteiger partial charge on any atom is 0.123 e. The highest BCUT2D eigenvalue weighted by molar-refractivity contribution is 9.10. The SMILES string of the molecule is OC(c1ccc(Cl)c(Br)c1)c1cnccn1. The van der Waals surface area contributed by atoms with Crippen LogP contribution in [-0.4, -0.2) is 15.1 Å². The summed E-state index contributed by atoms with van der Waals surface area (Å²) in [7, 11) is 0. The Balaban J connectivity index is 2.34. The van der Waals surface area contributed by atoms with E-state index < -0.39 is 6.10 Å². The normalized spacial score (nSPS) is 12.4. The third kappa shape index (κ3) is 2.40. The summed E-state index contributed by atoms with van der Waals surface area (Å²) >= 11 is 9.18. The van der Waals surface area contributed by atoms with Gasteiger partial charge < -0.3 is 5.11 Å². The molecule has 0 saturated heterocycles. The molecule has 1 N–H and O–H groups in total. The lowest BCUT2D eigenvalue weighted by atomic mass is 10.1. The number of aliphatic hydroxyl groups is 1. The van der Waals surface area contributed by atoms with Crippen LogP contribution in [0.5, 0.6) is 0 Å². The van der Waals surface area contributed by atoms with E-state index in [1.165, 1.54) is 6.20 Å². The van der Waals surface area contributed by atoms with Crippen molar-refractivity contribution in [1.82, 2.24) is 9.97 Å². The summed E-state index contributed by atoms with van der Waals surface area (Å²) in [6.45, 7) is 0. The largest absolute Gasteiger partial charge is 0.382 e. The minimum atomic E-state index is -0.790. The summed E-state index contributed by atoms with van der Waals surface area (Å²) in [6, 6.07) is 5.24. The molecule has 16 heavy (non-hydrogen) atoms. The Morgan fingerprint density at radius 1 is 1.31 bits per heavy atom. The molecule has 0 fully saturated rings. The van der Waals surface area contributed by atoms with Crippen molar-refractivity contribution in [3.05, 3.63) is 57.5 Å². The van der Waals surface area contributed by atoms with Gasteiger partial charge in [0.15, 0.2) is 0 Å². The highest BCUT2D eigenvalue weighted by Gasteiger charge is 2.12. The summed E-state index contributed by atoms with van der Waals surface area (Å²) in [5, 5.41) is 10.6. The van der Waals surface area contributed by atoms with Gasteiger partial charge in [0, 0.05) is 16.9 Å². The van der Waals surface area contributed by atoms with Crippen LogP contribution >= 0.6 is 27.5 Å². The van der Waals surface area contributed by atoms with Gasteiger partial charge in [-0.15, -0.1) is 0 Å². The maximum atomic E-state index is 10.0. The summed E-state index contributed by atoms with van der Waals surface area (Å²) in [4.78, 5) is 7.96. The van der Waals surface area contributed by atoms with Gasteiger partial charge in [0.25, 0.3) is 0 Å². The van der Waals surface area contributed by atoms with Gasteiger partial charge in [0.2, 0.25) is 0 Å². The van der Waals surface area contributed by atoms with Gasteiger partial charge in [-0.25, -0.2) is 0 Å². The van der Waals surface area contributed by atoms with E-state index in [-0.39, 0.29) is 0 Å². The van der Waals surface area contributed by atoms with Crippen LogP contribution in [0, 0.1) is 0 Å². The van der Waals surface area contributed by atoms with E-state index in [4.69, 9.17) is 11.6 Å². The maximum absolute atomic E-state index is 10.0. The molecule has 3 nitrogen and oxygen atoms in total. The number of hydrogen-bond donors (Lipinski definition) is 1. The van der Waals surface area contributed by atoms with Crippen LogP contribution in [0.3, 0.4) is 0 Å². The van der Waals surface area contributed by atoms with Crippen LogP contribution in [0.15, 0.2) is 41.3 Å². The second-order valence-corrected chi connectivity index (χ2v) is 4.47. The average molecular weight is 300 g/mol. The van der Waals surface area contributed by atoms with Crippen molar-refractivity contribution in [2.24, 2.45) is 0 Å². The fourth-order valence-electron chi connectivity index (χ4n) is 1.31. The number of aliphatic hydroxyl groups excluding tert-OH is 1. The van der Waals surface area contributed by atoms with Crippen molar-refractivity contribution >= 4 is 27.5 Å². The van der Waals surface area contributed by atoms with Crippen LogP contribution in [0.25, 0.3) is 0 Å². The summed E-state index contributed by atoms with van der Waals surface area (Å²) in [6.07, 6.45) is 3.85. The van der Waals surface area contributed by atoms with Crippen molar-refractivity contribution in [2.75, 3.05) is 0 Å². The Kier molecular flexibility index (Phi) is 3.53. The first-order valence-corrected chi connectivity index (χ1v) is 5.74. The standard InChI is InChI=1S/C11H8BrClN2O/c12-8-5-7(1-2-9(8)13)11(16)10-6-14-3-4-15-10/h1-6,11,16H. The highest BCUT2D eigenvalue weighted by Crippen LogP contribution is 2.27. The number of rotatable bonds is 2. The third-order valence-corrected chi connectivity index (χ3v) is 3.34. The molecular formula is C11H8BrClN2O. The summed E-state index contributed by atoms with van der Waals surface area (Å²) in [5.41, 5.74) is 1.23. The molecule has 1 atom stereocenters. The predicted octanol–water partition coefficient (Wildman–Crippen LogP) is 2.97. The molecular weight excluding hydrogens is 291 g/mol. The molecule has 82 valence electrons. The molecule has 0 saturated carbocycles. The van der Waals surface area contributed by atoms with E-state index in [9.17, 15) is 5.11 Å². The van der Waals surface area contributed by atoms with Gasteiger partial charge in [0.05, 0.1) is 16.9 Å². The lowest BCUT2D eigenvalue weighted by Crippen LogP contribution is -2.02. The molecule has 1 aromatic carbocycles. The van der Waals surface area contributed by atoms with Crippen molar-refractivity contribution in [2.45, 2.75) is 6.10 Å². The quantitative estimate of drug-likeness (QED) is 0.927. The molecule has 2 rings (SSSR count). The molecule has 0 amide bonds. The Morgan fingerprint density at radius 2 is 2.12 bits per heavy atom. The number of aromatic nitrogens is 2. The van der Waals surface area contributed by atoms with Gasteiger partial charge in [-0.3, -0.25) is 9.97 Å². The van der Waals surface area contributed by atoms with Crippen LogP contribution in [0.2, 0.25) is 5.02 Å². The molecule has 1 aromatic heterocycles. The average Bonchev–Trinajstić information content (AvgIpc) is 2.33. The fraction of sp³-hybridized carbons (Fsp3) is 0.0909. The Hall–Kier alpha value is -0.970. The number of hydrogen-bond acceptors (Lipinski definition) is 3. The zero-order chi connectivity index (χ0) is 11.5. The zero-order valence-electron chi connectivity index (χ0n) is 8.14. The smallest absolute Gasteiger partial charge is 0.123 e. The van der Waals surface area contributed by atoms with Gasteiger partial charge in [-0.1, -0.05) is 17.7 Å². The zero-order valence-corrected chi connectivity index (χ0v) is 10.5. The minimum Gasteiger partial charge on any atom is -0.382 e. The van der Waals surface area contributed by atoms with Gasteiger partial charge in [-0.2, -0.15) is 0 Å². The van der Waals surface area contributed by atoms with E-state index in [1.807, 2.05) is 0 Å². The van der Waals surface area contributed by atoms with Crippen molar-refractivity contribution < 1.29 is 5.11 Å². The number of halogens is 2. The number of nitrogens with zero attached hydrogens (tertiary/aromatic N) is 2. The molecule has 0 aliphatic carbocycles. The molecule has 0 radical (unpaired) electrons. The van der Waals surface area contributed by atoms with Crippen LogP contribution < -0.4 is 0 Å². The molecule has 5 heteroatoms. The first-order valence-electron chi connectivity index (χ1n) is 4.57. The van der Waals surface area contributed by atoms with Crippen molar-refractivity contribution in [3.8, 4) is 0 Å². The second kappa shape index (κ2) is 4.91. The van der Waals surface area contributed by atoms with Crippen LogP contribution in [-0.2, 0) is 0 Å². The topological polar surface area (TPSA) is 46.0 Å². The Labute approximate surface area is 106 Å². The summed E-state index contributed by atoms with van der Waals surface area (Å²) in [5.74, 6) is 0. The van der Waals surface area contributed by atoms with E-state index in [1.54, 1.807) is 30.6 Å². The first kappa shape index (κ1) is 11.5. The predicted molar refractivity (Wildman–Crippen MR) is 65.2 cm³/mol. The first-order chi connectivity index (χ1) is 7.68. The Bertz CT molecular complexity index is 493.